The quantitative estimate of drug-likeness (QED) is 0.892. The Morgan fingerprint density at radius 1 is 1.33 bits per heavy atom. The molecule has 1 aliphatic heterocycles. The molecular formula is C16H26N4O. The summed E-state index contributed by atoms with van der Waals surface area (Å²) in [6, 6.07) is 2.03. The number of hydrogen-bond donors (Lipinski definition) is 2. The summed E-state index contributed by atoms with van der Waals surface area (Å²) in [5.74, 6) is 1.65. The van der Waals surface area contributed by atoms with Crippen molar-refractivity contribution in [2.75, 3.05) is 19.6 Å². The van der Waals surface area contributed by atoms with Crippen LogP contribution >= 0.6 is 0 Å². The van der Waals surface area contributed by atoms with Gasteiger partial charge in [-0.1, -0.05) is 0 Å². The van der Waals surface area contributed by atoms with Gasteiger partial charge in [0.25, 0.3) is 0 Å². The molecule has 1 saturated carbocycles. The lowest BCUT2D eigenvalue weighted by Crippen LogP contribution is -2.43. The highest BCUT2D eigenvalue weighted by Gasteiger charge is 2.32. The molecule has 1 aliphatic carbocycles. The van der Waals surface area contributed by atoms with Gasteiger partial charge in [-0.2, -0.15) is 5.10 Å². The Bertz CT molecular complexity index is 451. The predicted molar refractivity (Wildman–Crippen MR) is 81.6 cm³/mol. The van der Waals surface area contributed by atoms with E-state index in [1.807, 2.05) is 6.07 Å². The number of carbonyl (C=O) groups is 1. The zero-order chi connectivity index (χ0) is 14.7. The lowest BCUT2D eigenvalue weighted by atomic mass is 9.81. The van der Waals surface area contributed by atoms with Gasteiger partial charge in [0.15, 0.2) is 0 Å². The number of carbonyl (C=O) groups excluding carboxylic acids is 1. The highest BCUT2D eigenvalue weighted by Crippen LogP contribution is 2.32. The highest BCUT2D eigenvalue weighted by molar-refractivity contribution is 5.79. The molecule has 2 fully saturated rings. The zero-order valence-corrected chi connectivity index (χ0v) is 12.6. The lowest BCUT2D eigenvalue weighted by Gasteiger charge is -2.36. The van der Waals surface area contributed by atoms with Gasteiger partial charge < -0.3 is 10.6 Å². The maximum absolute atomic E-state index is 12.7. The van der Waals surface area contributed by atoms with E-state index in [-0.39, 0.29) is 5.92 Å². The summed E-state index contributed by atoms with van der Waals surface area (Å²) >= 11 is 0. The number of rotatable bonds is 3. The van der Waals surface area contributed by atoms with Crippen molar-refractivity contribution < 1.29 is 4.79 Å². The molecule has 0 aromatic carbocycles. The average Bonchev–Trinajstić information content (AvgIpc) is 3.09. The maximum Gasteiger partial charge on any atom is 0.225 e. The second kappa shape index (κ2) is 6.60. The van der Waals surface area contributed by atoms with Crippen LogP contribution in [-0.2, 0) is 4.79 Å². The molecule has 116 valence electrons. The number of nitrogens with zero attached hydrogens (tertiary/aromatic N) is 2. The van der Waals surface area contributed by atoms with E-state index < -0.39 is 0 Å². The molecule has 0 bridgehead atoms. The third-order valence-corrected chi connectivity index (χ3v) is 5.22. The first-order chi connectivity index (χ1) is 10.3. The van der Waals surface area contributed by atoms with Crippen molar-refractivity contribution in [1.82, 2.24) is 15.1 Å². The van der Waals surface area contributed by atoms with Gasteiger partial charge in [-0.05, 0) is 57.1 Å². The van der Waals surface area contributed by atoms with Crippen molar-refractivity contribution in [3.8, 4) is 0 Å². The molecule has 1 unspecified atom stereocenters. The van der Waals surface area contributed by atoms with Crippen LogP contribution in [0.4, 0.5) is 0 Å². The molecule has 0 spiro atoms. The number of hydrogen-bond acceptors (Lipinski definition) is 3. The van der Waals surface area contributed by atoms with Gasteiger partial charge in [-0.25, -0.2) is 0 Å². The standard InChI is InChI=1S/C16H26N4O/c17-10-12-3-5-13(6-4-12)16(21)20-9-1-2-14(11-20)15-7-8-18-19-15/h7-8,12-14H,1-6,9-11,17H2,(H,18,19). The number of likely N-dealkylation sites (tertiary alicyclic amines) is 1. The van der Waals surface area contributed by atoms with E-state index in [2.05, 4.69) is 15.1 Å². The van der Waals surface area contributed by atoms with Crippen LogP contribution in [0.1, 0.15) is 50.1 Å². The Morgan fingerprint density at radius 2 is 2.14 bits per heavy atom. The second-order valence-corrected chi connectivity index (χ2v) is 6.59. The van der Waals surface area contributed by atoms with Gasteiger partial charge in [-0.3, -0.25) is 9.89 Å². The molecular weight excluding hydrogens is 264 g/mol. The van der Waals surface area contributed by atoms with E-state index in [0.717, 1.165) is 58.2 Å². The van der Waals surface area contributed by atoms with Gasteiger partial charge in [0.2, 0.25) is 5.91 Å². The van der Waals surface area contributed by atoms with Crippen molar-refractivity contribution in [3.63, 3.8) is 0 Å². The minimum Gasteiger partial charge on any atom is -0.342 e. The Morgan fingerprint density at radius 3 is 2.81 bits per heavy atom. The smallest absolute Gasteiger partial charge is 0.225 e. The van der Waals surface area contributed by atoms with Gasteiger partial charge in [-0.15, -0.1) is 0 Å². The van der Waals surface area contributed by atoms with E-state index in [1.165, 1.54) is 5.69 Å². The van der Waals surface area contributed by atoms with Crippen LogP contribution in [0.5, 0.6) is 0 Å². The summed E-state index contributed by atoms with van der Waals surface area (Å²) in [4.78, 5) is 14.8. The van der Waals surface area contributed by atoms with Crippen LogP contribution in [0.2, 0.25) is 0 Å². The molecule has 2 heterocycles. The minimum atomic E-state index is 0.230. The number of nitrogens with one attached hydrogen (secondary N) is 1. The molecule has 3 N–H and O–H groups in total. The summed E-state index contributed by atoms with van der Waals surface area (Å²) in [5.41, 5.74) is 6.90. The number of aromatic nitrogens is 2. The number of H-pyrrole nitrogens is 1. The molecule has 1 atom stereocenters. The van der Waals surface area contributed by atoms with Crippen LogP contribution in [0, 0.1) is 11.8 Å². The molecule has 1 aromatic heterocycles. The number of nitrogens with two attached hydrogens (primary N) is 1. The van der Waals surface area contributed by atoms with E-state index in [9.17, 15) is 4.79 Å². The maximum atomic E-state index is 12.7. The van der Waals surface area contributed by atoms with E-state index in [1.54, 1.807) is 6.20 Å². The second-order valence-electron chi connectivity index (χ2n) is 6.59. The topological polar surface area (TPSA) is 75.0 Å². The van der Waals surface area contributed by atoms with E-state index in [0.29, 0.717) is 17.7 Å². The normalized spacial score (nSPS) is 30.3. The molecule has 1 aromatic rings. The lowest BCUT2D eigenvalue weighted by molar-refractivity contribution is -0.138. The highest BCUT2D eigenvalue weighted by atomic mass is 16.2. The summed E-state index contributed by atoms with van der Waals surface area (Å²) < 4.78 is 0. The summed E-state index contributed by atoms with van der Waals surface area (Å²) in [6.07, 6.45) is 8.30. The van der Waals surface area contributed by atoms with Crippen molar-refractivity contribution >= 4 is 5.91 Å². The van der Waals surface area contributed by atoms with Gasteiger partial charge in [0.1, 0.15) is 0 Å². The third kappa shape index (κ3) is 3.28. The Balaban J connectivity index is 1.57. The van der Waals surface area contributed by atoms with Crippen LogP contribution < -0.4 is 5.73 Å². The van der Waals surface area contributed by atoms with Crippen LogP contribution in [-0.4, -0.2) is 40.6 Å². The predicted octanol–water partition coefficient (Wildman–Crippen LogP) is 1.88. The molecule has 2 aliphatic rings. The fourth-order valence-corrected chi connectivity index (χ4v) is 3.83. The molecule has 5 heteroatoms. The van der Waals surface area contributed by atoms with E-state index in [4.69, 9.17) is 5.73 Å². The van der Waals surface area contributed by atoms with Crippen molar-refractivity contribution in [3.05, 3.63) is 18.0 Å². The number of piperidine rings is 1. The van der Waals surface area contributed by atoms with Crippen molar-refractivity contribution in [2.24, 2.45) is 17.6 Å². The van der Waals surface area contributed by atoms with E-state index >= 15 is 0 Å². The van der Waals surface area contributed by atoms with Gasteiger partial charge >= 0.3 is 0 Å². The van der Waals surface area contributed by atoms with Crippen molar-refractivity contribution in [1.29, 1.82) is 0 Å². The first-order valence-electron chi connectivity index (χ1n) is 8.26. The summed E-state index contributed by atoms with van der Waals surface area (Å²) in [5, 5.41) is 7.09. The van der Waals surface area contributed by atoms with Crippen LogP contribution in [0.3, 0.4) is 0 Å². The Hall–Kier alpha value is -1.36. The van der Waals surface area contributed by atoms with Gasteiger partial charge in [0.05, 0.1) is 0 Å². The molecule has 0 radical (unpaired) electrons. The van der Waals surface area contributed by atoms with Crippen LogP contribution in [0.15, 0.2) is 12.3 Å². The summed E-state index contributed by atoms with van der Waals surface area (Å²) in [6.45, 7) is 2.53. The fourth-order valence-electron chi connectivity index (χ4n) is 3.83. The minimum absolute atomic E-state index is 0.230. The SMILES string of the molecule is NCC1CCC(C(=O)N2CCCC(c3ccn[nH]3)C2)CC1. The Labute approximate surface area is 126 Å². The van der Waals surface area contributed by atoms with Gasteiger partial charge in [0, 0.05) is 36.8 Å². The monoisotopic (exact) mass is 290 g/mol. The Kier molecular flexibility index (Phi) is 4.58. The zero-order valence-electron chi connectivity index (χ0n) is 12.6. The first kappa shape index (κ1) is 14.6. The first-order valence-corrected chi connectivity index (χ1v) is 8.26. The molecule has 21 heavy (non-hydrogen) atoms. The van der Waals surface area contributed by atoms with Crippen LogP contribution in [0.25, 0.3) is 0 Å². The fraction of sp³-hybridized carbons (Fsp3) is 0.750. The van der Waals surface area contributed by atoms with Crippen molar-refractivity contribution in [2.45, 2.75) is 44.4 Å². The molecule has 1 amide bonds. The molecule has 1 saturated heterocycles. The average molecular weight is 290 g/mol. The molecule has 3 rings (SSSR count). The largest absolute Gasteiger partial charge is 0.342 e. The number of aromatic amines is 1. The summed E-state index contributed by atoms with van der Waals surface area (Å²) in [7, 11) is 0. The molecule has 5 nitrogen and oxygen atoms in total. The third-order valence-electron chi connectivity index (χ3n) is 5.22. The number of amides is 1.